The summed E-state index contributed by atoms with van der Waals surface area (Å²) in [7, 11) is 0. The summed E-state index contributed by atoms with van der Waals surface area (Å²) in [4.78, 5) is 18.8. The second-order valence-corrected chi connectivity index (χ2v) is 6.84. The molecule has 0 spiro atoms. The summed E-state index contributed by atoms with van der Waals surface area (Å²) in [5, 5.41) is 11.4. The SMILES string of the molecule is O=C(c1cccs1)n1nc(-c2ccco2)nc1NCc1cccs1. The summed E-state index contributed by atoms with van der Waals surface area (Å²) in [5.74, 6) is 1.07. The van der Waals surface area contributed by atoms with E-state index < -0.39 is 0 Å². The smallest absolute Gasteiger partial charge is 0.291 e. The van der Waals surface area contributed by atoms with Crippen molar-refractivity contribution in [2.45, 2.75) is 6.54 Å². The van der Waals surface area contributed by atoms with Gasteiger partial charge in [-0.25, -0.2) is 0 Å². The second-order valence-electron chi connectivity index (χ2n) is 4.86. The van der Waals surface area contributed by atoms with Gasteiger partial charge >= 0.3 is 0 Å². The van der Waals surface area contributed by atoms with Gasteiger partial charge in [0.15, 0.2) is 5.76 Å². The quantitative estimate of drug-likeness (QED) is 0.586. The van der Waals surface area contributed by atoms with Crippen LogP contribution in [0.25, 0.3) is 11.6 Å². The molecule has 8 heteroatoms. The number of nitrogens with zero attached hydrogens (tertiary/aromatic N) is 3. The van der Waals surface area contributed by atoms with Crippen LogP contribution in [0.4, 0.5) is 5.95 Å². The van der Waals surface area contributed by atoms with E-state index in [9.17, 15) is 4.79 Å². The van der Waals surface area contributed by atoms with Crippen molar-refractivity contribution in [2.75, 3.05) is 5.32 Å². The first-order valence-corrected chi connectivity index (χ1v) is 8.92. The van der Waals surface area contributed by atoms with Gasteiger partial charge in [-0.15, -0.1) is 27.8 Å². The van der Waals surface area contributed by atoms with Crippen LogP contribution in [0.2, 0.25) is 0 Å². The van der Waals surface area contributed by atoms with Gasteiger partial charge < -0.3 is 9.73 Å². The van der Waals surface area contributed by atoms with E-state index in [1.165, 1.54) is 16.0 Å². The first kappa shape index (κ1) is 14.9. The standard InChI is InChI=1S/C16H12N4O2S2/c21-15(13-6-3-9-24-13)20-16(17-10-11-4-2-8-23-11)18-14(19-20)12-5-1-7-22-12/h1-9H,10H2,(H,17,18,19). The molecule has 4 aromatic rings. The van der Waals surface area contributed by atoms with Crippen LogP contribution >= 0.6 is 22.7 Å². The van der Waals surface area contributed by atoms with Crippen molar-refractivity contribution < 1.29 is 9.21 Å². The van der Waals surface area contributed by atoms with Crippen LogP contribution in [0, 0.1) is 0 Å². The minimum Gasteiger partial charge on any atom is -0.461 e. The van der Waals surface area contributed by atoms with E-state index in [4.69, 9.17) is 4.42 Å². The predicted molar refractivity (Wildman–Crippen MR) is 93.4 cm³/mol. The van der Waals surface area contributed by atoms with E-state index in [1.54, 1.807) is 35.8 Å². The van der Waals surface area contributed by atoms with Crippen LogP contribution in [0.5, 0.6) is 0 Å². The number of thiophene rings is 2. The van der Waals surface area contributed by atoms with Gasteiger partial charge in [0.1, 0.15) is 0 Å². The molecule has 4 heterocycles. The number of anilines is 1. The summed E-state index contributed by atoms with van der Waals surface area (Å²) in [6.45, 7) is 0.575. The Morgan fingerprint density at radius 3 is 2.75 bits per heavy atom. The van der Waals surface area contributed by atoms with Crippen molar-refractivity contribution in [2.24, 2.45) is 0 Å². The van der Waals surface area contributed by atoms with E-state index >= 15 is 0 Å². The van der Waals surface area contributed by atoms with Crippen LogP contribution in [-0.2, 0) is 6.54 Å². The molecule has 6 nitrogen and oxygen atoms in total. The molecule has 4 rings (SSSR count). The van der Waals surface area contributed by atoms with Gasteiger partial charge in [-0.2, -0.15) is 9.67 Å². The molecule has 0 radical (unpaired) electrons. The lowest BCUT2D eigenvalue weighted by atomic mass is 10.4. The van der Waals surface area contributed by atoms with E-state index in [-0.39, 0.29) is 5.91 Å². The van der Waals surface area contributed by atoms with Crippen molar-refractivity contribution in [1.29, 1.82) is 0 Å². The van der Waals surface area contributed by atoms with Gasteiger partial charge in [-0.3, -0.25) is 4.79 Å². The molecular weight excluding hydrogens is 344 g/mol. The third kappa shape index (κ3) is 2.89. The largest absolute Gasteiger partial charge is 0.461 e. The van der Waals surface area contributed by atoms with Gasteiger partial charge in [0.2, 0.25) is 11.8 Å². The second kappa shape index (κ2) is 6.42. The molecular formula is C16H12N4O2S2. The molecule has 0 fully saturated rings. The van der Waals surface area contributed by atoms with E-state index in [0.717, 1.165) is 4.88 Å². The Balaban J connectivity index is 1.68. The van der Waals surface area contributed by atoms with Gasteiger partial charge in [-0.05, 0) is 35.0 Å². The van der Waals surface area contributed by atoms with Gasteiger partial charge in [0, 0.05) is 4.88 Å². The number of hydrogen-bond acceptors (Lipinski definition) is 7. The third-order valence-corrected chi connectivity index (χ3v) is 5.01. The molecule has 0 saturated heterocycles. The highest BCUT2D eigenvalue weighted by Gasteiger charge is 2.20. The van der Waals surface area contributed by atoms with Crippen molar-refractivity contribution in [1.82, 2.24) is 14.8 Å². The lowest BCUT2D eigenvalue weighted by molar-refractivity contribution is 0.0951. The maximum Gasteiger partial charge on any atom is 0.291 e. The fraction of sp³-hybridized carbons (Fsp3) is 0.0625. The summed E-state index contributed by atoms with van der Waals surface area (Å²) < 4.78 is 6.62. The molecule has 0 aliphatic rings. The Morgan fingerprint density at radius 1 is 1.17 bits per heavy atom. The first-order valence-electron chi connectivity index (χ1n) is 7.16. The summed E-state index contributed by atoms with van der Waals surface area (Å²) in [6, 6.07) is 11.1. The highest BCUT2D eigenvalue weighted by molar-refractivity contribution is 7.12. The Hall–Kier alpha value is -2.71. The monoisotopic (exact) mass is 356 g/mol. The fourth-order valence-corrected chi connectivity index (χ4v) is 3.45. The first-order chi connectivity index (χ1) is 11.8. The number of carbonyl (C=O) groups is 1. The lowest BCUT2D eigenvalue weighted by Gasteiger charge is -2.04. The minimum absolute atomic E-state index is 0.219. The number of furan rings is 1. The third-order valence-electron chi connectivity index (χ3n) is 3.27. The van der Waals surface area contributed by atoms with E-state index in [1.807, 2.05) is 29.0 Å². The van der Waals surface area contributed by atoms with E-state index in [2.05, 4.69) is 15.4 Å². The van der Waals surface area contributed by atoms with Gasteiger partial charge in [0.05, 0.1) is 17.7 Å². The van der Waals surface area contributed by atoms with Crippen LogP contribution < -0.4 is 5.32 Å². The molecule has 0 amide bonds. The maximum atomic E-state index is 12.7. The highest BCUT2D eigenvalue weighted by atomic mass is 32.1. The lowest BCUT2D eigenvalue weighted by Crippen LogP contribution is -2.16. The van der Waals surface area contributed by atoms with Crippen molar-refractivity contribution >= 4 is 34.5 Å². The predicted octanol–water partition coefficient (Wildman–Crippen LogP) is 3.96. The normalized spacial score (nSPS) is 10.8. The topological polar surface area (TPSA) is 73.0 Å². The Labute approximate surface area is 145 Å². The molecule has 0 saturated carbocycles. The minimum atomic E-state index is -0.219. The zero-order chi connectivity index (χ0) is 16.4. The van der Waals surface area contributed by atoms with E-state index in [0.29, 0.717) is 29.0 Å². The van der Waals surface area contributed by atoms with Crippen LogP contribution in [0.1, 0.15) is 14.5 Å². The van der Waals surface area contributed by atoms with Crippen molar-refractivity contribution in [3.05, 3.63) is 63.2 Å². The summed E-state index contributed by atoms with van der Waals surface area (Å²) in [5.41, 5.74) is 0. The summed E-state index contributed by atoms with van der Waals surface area (Å²) in [6.07, 6.45) is 1.55. The summed E-state index contributed by atoms with van der Waals surface area (Å²) >= 11 is 3.01. The molecule has 0 aliphatic carbocycles. The molecule has 0 atom stereocenters. The zero-order valence-electron chi connectivity index (χ0n) is 12.4. The Kier molecular flexibility index (Phi) is 3.97. The van der Waals surface area contributed by atoms with Crippen LogP contribution in [0.15, 0.2) is 57.8 Å². The molecule has 4 aromatic heterocycles. The van der Waals surface area contributed by atoms with Crippen molar-refractivity contribution in [3.63, 3.8) is 0 Å². The number of carbonyl (C=O) groups excluding carboxylic acids is 1. The van der Waals surface area contributed by atoms with Crippen LogP contribution in [0.3, 0.4) is 0 Å². The fourth-order valence-electron chi connectivity index (χ4n) is 2.16. The maximum absolute atomic E-state index is 12.7. The number of hydrogen-bond donors (Lipinski definition) is 1. The number of aromatic nitrogens is 3. The number of rotatable bonds is 5. The molecule has 0 bridgehead atoms. The molecule has 24 heavy (non-hydrogen) atoms. The highest BCUT2D eigenvalue weighted by Crippen LogP contribution is 2.21. The number of nitrogens with one attached hydrogen (secondary N) is 1. The van der Waals surface area contributed by atoms with Gasteiger partial charge in [-0.1, -0.05) is 12.1 Å². The zero-order valence-corrected chi connectivity index (χ0v) is 14.0. The average molecular weight is 356 g/mol. The molecule has 0 aromatic carbocycles. The van der Waals surface area contributed by atoms with Crippen LogP contribution in [-0.4, -0.2) is 20.7 Å². The molecule has 0 unspecified atom stereocenters. The van der Waals surface area contributed by atoms with Crippen molar-refractivity contribution in [3.8, 4) is 11.6 Å². The Morgan fingerprint density at radius 2 is 2.04 bits per heavy atom. The Bertz CT molecular complexity index is 925. The molecule has 120 valence electrons. The average Bonchev–Trinajstić information content (AvgIpc) is 3.41. The molecule has 1 N–H and O–H groups in total. The van der Waals surface area contributed by atoms with Gasteiger partial charge in [0.25, 0.3) is 5.91 Å². The molecule has 0 aliphatic heterocycles.